The summed E-state index contributed by atoms with van der Waals surface area (Å²) in [6.45, 7) is 1.86. The van der Waals surface area contributed by atoms with Gasteiger partial charge in [0.15, 0.2) is 5.17 Å². The van der Waals surface area contributed by atoms with E-state index in [4.69, 9.17) is 0 Å². The van der Waals surface area contributed by atoms with E-state index in [9.17, 15) is 4.79 Å². The summed E-state index contributed by atoms with van der Waals surface area (Å²) in [5, 5.41) is 3.35. The molecule has 0 saturated carbocycles. The van der Waals surface area contributed by atoms with Crippen molar-refractivity contribution >= 4 is 44.5 Å². The third-order valence-electron chi connectivity index (χ3n) is 1.96. The van der Waals surface area contributed by atoms with Gasteiger partial charge in [-0.3, -0.25) is 4.79 Å². The number of amidine groups is 1. The van der Waals surface area contributed by atoms with Crippen LogP contribution in [0.2, 0.25) is 0 Å². The molecule has 1 unspecified atom stereocenters. The zero-order chi connectivity index (χ0) is 10.8. The SMILES string of the molecule is CC1SC(=Nc2ccccc2Br)NC1=O. The van der Waals surface area contributed by atoms with Gasteiger partial charge in [0.05, 0.1) is 10.9 Å². The Morgan fingerprint density at radius 2 is 2.20 bits per heavy atom. The van der Waals surface area contributed by atoms with E-state index in [0.29, 0.717) is 5.17 Å². The molecular formula is C10H9BrN2OS. The monoisotopic (exact) mass is 284 g/mol. The van der Waals surface area contributed by atoms with E-state index >= 15 is 0 Å². The van der Waals surface area contributed by atoms with Gasteiger partial charge in [-0.25, -0.2) is 4.99 Å². The summed E-state index contributed by atoms with van der Waals surface area (Å²) in [5.41, 5.74) is 0.828. The van der Waals surface area contributed by atoms with Crippen molar-refractivity contribution in [2.24, 2.45) is 4.99 Å². The molecule has 1 aliphatic rings. The van der Waals surface area contributed by atoms with Crippen LogP contribution in [0.25, 0.3) is 0 Å². The molecule has 1 fully saturated rings. The van der Waals surface area contributed by atoms with Gasteiger partial charge in [-0.15, -0.1) is 0 Å². The van der Waals surface area contributed by atoms with Crippen LogP contribution in [0.5, 0.6) is 0 Å². The Morgan fingerprint density at radius 1 is 1.47 bits per heavy atom. The number of rotatable bonds is 1. The third kappa shape index (κ3) is 2.41. The first-order chi connectivity index (χ1) is 7.16. The first-order valence-corrected chi connectivity index (χ1v) is 6.15. The Hall–Kier alpha value is -0.810. The van der Waals surface area contributed by atoms with E-state index < -0.39 is 0 Å². The minimum absolute atomic E-state index is 0.0193. The molecule has 1 aromatic carbocycles. The van der Waals surface area contributed by atoms with Crippen molar-refractivity contribution in [3.8, 4) is 0 Å². The normalized spacial score (nSPS) is 23.2. The maximum Gasteiger partial charge on any atom is 0.239 e. The number of benzene rings is 1. The zero-order valence-corrected chi connectivity index (χ0v) is 10.4. The molecule has 1 aliphatic heterocycles. The van der Waals surface area contributed by atoms with Gasteiger partial charge in [-0.1, -0.05) is 23.9 Å². The molecule has 1 heterocycles. The number of halogens is 1. The Labute approximate surface area is 100 Å². The Kier molecular flexibility index (Phi) is 3.11. The number of carbonyl (C=O) groups is 1. The molecule has 78 valence electrons. The zero-order valence-electron chi connectivity index (χ0n) is 8.03. The maximum atomic E-state index is 11.2. The first-order valence-electron chi connectivity index (χ1n) is 4.47. The lowest BCUT2D eigenvalue weighted by Gasteiger charge is -1.98. The van der Waals surface area contributed by atoms with Crippen LogP contribution >= 0.6 is 27.7 Å². The van der Waals surface area contributed by atoms with Gasteiger partial charge in [0.1, 0.15) is 0 Å². The number of carbonyl (C=O) groups excluding carboxylic acids is 1. The molecule has 1 atom stereocenters. The Balaban J connectivity index is 2.25. The van der Waals surface area contributed by atoms with Crippen molar-refractivity contribution in [3.63, 3.8) is 0 Å². The molecule has 1 aromatic rings. The molecule has 0 aliphatic carbocycles. The minimum atomic E-state index is -0.0498. The fourth-order valence-electron chi connectivity index (χ4n) is 1.16. The van der Waals surface area contributed by atoms with Crippen molar-refractivity contribution in [1.29, 1.82) is 0 Å². The van der Waals surface area contributed by atoms with Crippen LogP contribution in [0, 0.1) is 0 Å². The van der Waals surface area contributed by atoms with Gasteiger partial charge in [0, 0.05) is 4.47 Å². The molecular weight excluding hydrogens is 276 g/mol. The van der Waals surface area contributed by atoms with Crippen LogP contribution in [0.4, 0.5) is 5.69 Å². The van der Waals surface area contributed by atoms with Crippen LogP contribution in [0.1, 0.15) is 6.92 Å². The average Bonchev–Trinajstić information content (AvgIpc) is 2.50. The highest BCUT2D eigenvalue weighted by molar-refractivity contribution is 9.10. The number of nitrogens with one attached hydrogen (secondary N) is 1. The highest BCUT2D eigenvalue weighted by atomic mass is 79.9. The summed E-state index contributed by atoms with van der Waals surface area (Å²) in [6.07, 6.45) is 0. The quantitative estimate of drug-likeness (QED) is 0.862. The van der Waals surface area contributed by atoms with E-state index in [1.807, 2.05) is 31.2 Å². The summed E-state index contributed by atoms with van der Waals surface area (Å²) in [7, 11) is 0. The third-order valence-corrected chi connectivity index (χ3v) is 3.62. The van der Waals surface area contributed by atoms with Gasteiger partial charge < -0.3 is 5.32 Å². The highest BCUT2D eigenvalue weighted by Gasteiger charge is 2.25. The second kappa shape index (κ2) is 4.37. The highest BCUT2D eigenvalue weighted by Crippen LogP contribution is 2.27. The van der Waals surface area contributed by atoms with Gasteiger partial charge >= 0.3 is 0 Å². The Morgan fingerprint density at radius 3 is 2.80 bits per heavy atom. The molecule has 3 nitrogen and oxygen atoms in total. The fourth-order valence-corrected chi connectivity index (χ4v) is 2.35. The molecule has 0 radical (unpaired) electrons. The van der Waals surface area contributed by atoms with E-state index in [0.717, 1.165) is 10.2 Å². The number of hydrogen-bond acceptors (Lipinski definition) is 3. The summed E-state index contributed by atoms with van der Waals surface area (Å²) >= 11 is 4.85. The van der Waals surface area contributed by atoms with Crippen molar-refractivity contribution < 1.29 is 4.79 Å². The standard InChI is InChI=1S/C10H9BrN2OS/c1-6-9(14)13-10(15-6)12-8-5-3-2-4-7(8)11/h2-6H,1H3,(H,12,13,14). The second-order valence-electron chi connectivity index (χ2n) is 3.12. The lowest BCUT2D eigenvalue weighted by Crippen LogP contribution is -2.23. The van der Waals surface area contributed by atoms with E-state index in [2.05, 4.69) is 26.2 Å². The summed E-state index contributed by atoms with van der Waals surface area (Å²) in [4.78, 5) is 15.6. The number of hydrogen-bond donors (Lipinski definition) is 1. The second-order valence-corrected chi connectivity index (χ2v) is 5.30. The van der Waals surface area contributed by atoms with Crippen LogP contribution < -0.4 is 5.32 Å². The topological polar surface area (TPSA) is 41.5 Å². The largest absolute Gasteiger partial charge is 0.304 e. The number of nitrogens with zero attached hydrogens (tertiary/aromatic N) is 1. The predicted octanol–water partition coefficient (Wildman–Crippen LogP) is 2.69. The first kappa shape index (κ1) is 10.7. The molecule has 2 rings (SSSR count). The number of para-hydroxylation sites is 1. The van der Waals surface area contributed by atoms with Crippen molar-refractivity contribution in [1.82, 2.24) is 5.32 Å². The van der Waals surface area contributed by atoms with Gasteiger partial charge in [0.2, 0.25) is 5.91 Å². The average molecular weight is 285 g/mol. The van der Waals surface area contributed by atoms with Crippen LogP contribution in [-0.4, -0.2) is 16.3 Å². The molecule has 5 heteroatoms. The van der Waals surface area contributed by atoms with Gasteiger partial charge in [-0.2, -0.15) is 0 Å². The molecule has 0 spiro atoms. The van der Waals surface area contributed by atoms with Crippen molar-refractivity contribution in [2.75, 3.05) is 0 Å². The smallest absolute Gasteiger partial charge is 0.239 e. The molecule has 0 bridgehead atoms. The fraction of sp³-hybridized carbons (Fsp3) is 0.200. The van der Waals surface area contributed by atoms with Crippen LogP contribution in [0.3, 0.4) is 0 Å². The van der Waals surface area contributed by atoms with Gasteiger partial charge in [0.25, 0.3) is 0 Å². The molecule has 0 aromatic heterocycles. The van der Waals surface area contributed by atoms with Crippen molar-refractivity contribution in [3.05, 3.63) is 28.7 Å². The van der Waals surface area contributed by atoms with E-state index in [1.165, 1.54) is 11.8 Å². The maximum absolute atomic E-state index is 11.2. The lowest BCUT2D eigenvalue weighted by atomic mass is 10.3. The molecule has 1 amide bonds. The predicted molar refractivity (Wildman–Crippen MR) is 66.4 cm³/mol. The molecule has 1 N–H and O–H groups in total. The molecule has 15 heavy (non-hydrogen) atoms. The van der Waals surface area contributed by atoms with Crippen LogP contribution in [0.15, 0.2) is 33.7 Å². The van der Waals surface area contributed by atoms with Gasteiger partial charge in [-0.05, 0) is 35.0 Å². The summed E-state index contributed by atoms with van der Waals surface area (Å²) < 4.78 is 0.923. The number of aliphatic imine (C=N–C) groups is 1. The summed E-state index contributed by atoms with van der Waals surface area (Å²) in [5.74, 6) is 0.0193. The number of amides is 1. The Bertz CT molecular complexity index is 433. The lowest BCUT2D eigenvalue weighted by molar-refractivity contribution is -0.118. The van der Waals surface area contributed by atoms with E-state index in [1.54, 1.807) is 0 Å². The van der Waals surface area contributed by atoms with Crippen LogP contribution in [-0.2, 0) is 4.79 Å². The number of thioether (sulfide) groups is 1. The molecule has 1 saturated heterocycles. The minimum Gasteiger partial charge on any atom is -0.304 e. The van der Waals surface area contributed by atoms with Crippen molar-refractivity contribution in [2.45, 2.75) is 12.2 Å². The summed E-state index contributed by atoms with van der Waals surface area (Å²) in [6, 6.07) is 7.66. The van der Waals surface area contributed by atoms with E-state index in [-0.39, 0.29) is 11.2 Å².